The number of rotatable bonds is 3. The molecule has 2 heteroatoms. The van der Waals surface area contributed by atoms with Crippen molar-refractivity contribution >= 4 is 0 Å². The Balaban J connectivity index is 1.88. The van der Waals surface area contributed by atoms with Crippen LogP contribution in [-0.2, 0) is 0 Å². The average Bonchev–Trinajstić information content (AvgIpc) is 2.65. The molecule has 0 saturated carbocycles. The molecule has 2 unspecified atom stereocenters. The third kappa shape index (κ3) is 4.32. The fourth-order valence-electron chi connectivity index (χ4n) is 3.23. The van der Waals surface area contributed by atoms with Gasteiger partial charge in [-0.05, 0) is 49.2 Å². The van der Waals surface area contributed by atoms with Crippen molar-refractivity contribution in [3.63, 3.8) is 0 Å². The fraction of sp³-hybridized carbons (Fsp3) is 0.667. The van der Waals surface area contributed by atoms with Gasteiger partial charge in [0.25, 0.3) is 0 Å². The Labute approximate surface area is 123 Å². The zero-order chi connectivity index (χ0) is 14.6. The molecule has 1 saturated heterocycles. The molecule has 0 aliphatic carbocycles. The number of β-amino-alcohol motifs (C(OH)–C–C–N with tert-alkyl or cyclic N) is 1. The van der Waals surface area contributed by atoms with Crippen molar-refractivity contribution in [1.82, 2.24) is 4.90 Å². The van der Waals surface area contributed by atoms with Crippen LogP contribution in [0.5, 0.6) is 0 Å². The minimum absolute atomic E-state index is 0.359. The molecule has 0 bridgehead atoms. The average molecular weight is 275 g/mol. The molecular weight excluding hydrogens is 246 g/mol. The van der Waals surface area contributed by atoms with Gasteiger partial charge in [-0.1, -0.05) is 51.1 Å². The number of hydrogen-bond acceptors (Lipinski definition) is 2. The molecule has 0 spiro atoms. The van der Waals surface area contributed by atoms with E-state index >= 15 is 0 Å². The molecule has 2 rings (SSSR count). The largest absolute Gasteiger partial charge is 0.387 e. The maximum absolute atomic E-state index is 10.3. The fourth-order valence-corrected chi connectivity index (χ4v) is 3.23. The third-order valence-electron chi connectivity index (χ3n) is 4.66. The molecule has 0 amide bonds. The van der Waals surface area contributed by atoms with Crippen molar-refractivity contribution in [2.75, 3.05) is 19.6 Å². The van der Waals surface area contributed by atoms with Crippen LogP contribution in [0.1, 0.15) is 51.7 Å². The van der Waals surface area contributed by atoms with Gasteiger partial charge in [-0.2, -0.15) is 0 Å². The van der Waals surface area contributed by atoms with Gasteiger partial charge in [0.15, 0.2) is 0 Å². The standard InChI is InChI=1S/C18H29NO/c1-18(2,3)16-10-7-12-19(13-11-16)14-17(20)15-8-5-4-6-9-15/h4-6,8-9,16-17,20H,7,10-14H2,1-3H3. The highest BCUT2D eigenvalue weighted by Crippen LogP contribution is 2.34. The van der Waals surface area contributed by atoms with Crippen LogP contribution in [0.2, 0.25) is 0 Å². The topological polar surface area (TPSA) is 23.5 Å². The highest BCUT2D eigenvalue weighted by atomic mass is 16.3. The van der Waals surface area contributed by atoms with E-state index in [-0.39, 0.29) is 6.10 Å². The van der Waals surface area contributed by atoms with E-state index < -0.39 is 0 Å². The molecule has 2 atom stereocenters. The first-order valence-electron chi connectivity index (χ1n) is 7.92. The van der Waals surface area contributed by atoms with Gasteiger partial charge in [-0.3, -0.25) is 0 Å². The lowest BCUT2D eigenvalue weighted by Gasteiger charge is -2.30. The van der Waals surface area contributed by atoms with Gasteiger partial charge in [0.05, 0.1) is 6.10 Å². The maximum atomic E-state index is 10.3. The van der Waals surface area contributed by atoms with Crippen LogP contribution in [0.25, 0.3) is 0 Å². The second-order valence-corrected chi connectivity index (χ2v) is 7.22. The van der Waals surface area contributed by atoms with E-state index in [2.05, 4.69) is 25.7 Å². The first-order valence-corrected chi connectivity index (χ1v) is 7.92. The predicted octanol–water partition coefficient (Wildman–Crippen LogP) is 3.87. The van der Waals surface area contributed by atoms with Gasteiger partial charge in [-0.25, -0.2) is 0 Å². The molecule has 1 aromatic carbocycles. The maximum Gasteiger partial charge on any atom is 0.0916 e. The van der Waals surface area contributed by atoms with Crippen molar-refractivity contribution in [2.24, 2.45) is 11.3 Å². The summed E-state index contributed by atoms with van der Waals surface area (Å²) in [5.74, 6) is 0.807. The van der Waals surface area contributed by atoms with Crippen LogP contribution in [0, 0.1) is 11.3 Å². The molecule has 1 heterocycles. The zero-order valence-corrected chi connectivity index (χ0v) is 13.2. The SMILES string of the molecule is CC(C)(C)C1CCCN(CC(O)c2ccccc2)CC1. The van der Waals surface area contributed by atoms with Gasteiger partial charge in [0.1, 0.15) is 0 Å². The second kappa shape index (κ2) is 6.73. The summed E-state index contributed by atoms with van der Waals surface area (Å²) in [7, 11) is 0. The number of nitrogens with zero attached hydrogens (tertiary/aromatic N) is 1. The quantitative estimate of drug-likeness (QED) is 0.905. The molecule has 1 N–H and O–H groups in total. The van der Waals surface area contributed by atoms with E-state index in [0.717, 1.165) is 31.1 Å². The van der Waals surface area contributed by atoms with Gasteiger partial charge in [0.2, 0.25) is 0 Å². The van der Waals surface area contributed by atoms with Crippen LogP contribution in [0.15, 0.2) is 30.3 Å². The molecule has 1 aliphatic heterocycles. The second-order valence-electron chi connectivity index (χ2n) is 7.22. The summed E-state index contributed by atoms with van der Waals surface area (Å²) >= 11 is 0. The number of likely N-dealkylation sites (tertiary alicyclic amines) is 1. The first kappa shape index (κ1) is 15.5. The molecule has 112 valence electrons. The third-order valence-corrected chi connectivity index (χ3v) is 4.66. The van der Waals surface area contributed by atoms with E-state index in [1.165, 1.54) is 19.3 Å². The smallest absolute Gasteiger partial charge is 0.0916 e. The Morgan fingerprint density at radius 3 is 2.50 bits per heavy atom. The Morgan fingerprint density at radius 2 is 1.85 bits per heavy atom. The predicted molar refractivity (Wildman–Crippen MR) is 84.6 cm³/mol. The molecule has 2 nitrogen and oxygen atoms in total. The van der Waals surface area contributed by atoms with Crippen LogP contribution < -0.4 is 0 Å². The Hall–Kier alpha value is -0.860. The summed E-state index contributed by atoms with van der Waals surface area (Å²) in [6.45, 7) is 10.1. The zero-order valence-electron chi connectivity index (χ0n) is 13.2. The van der Waals surface area contributed by atoms with E-state index in [0.29, 0.717) is 5.41 Å². The molecule has 0 radical (unpaired) electrons. The summed E-state index contributed by atoms with van der Waals surface area (Å²) < 4.78 is 0. The molecule has 20 heavy (non-hydrogen) atoms. The monoisotopic (exact) mass is 275 g/mol. The van der Waals surface area contributed by atoms with Crippen molar-refractivity contribution in [1.29, 1.82) is 0 Å². The van der Waals surface area contributed by atoms with Crippen LogP contribution in [0.4, 0.5) is 0 Å². The van der Waals surface area contributed by atoms with Crippen molar-refractivity contribution in [3.05, 3.63) is 35.9 Å². The van der Waals surface area contributed by atoms with E-state index in [4.69, 9.17) is 0 Å². The Kier molecular flexibility index (Phi) is 5.22. The minimum atomic E-state index is -0.359. The molecule has 0 aromatic heterocycles. The van der Waals surface area contributed by atoms with E-state index in [1.807, 2.05) is 30.3 Å². The molecule has 1 aromatic rings. The van der Waals surface area contributed by atoms with Crippen LogP contribution in [0.3, 0.4) is 0 Å². The lowest BCUT2D eigenvalue weighted by atomic mass is 9.77. The van der Waals surface area contributed by atoms with E-state index in [1.54, 1.807) is 0 Å². The Morgan fingerprint density at radius 1 is 1.15 bits per heavy atom. The molecular formula is C18H29NO. The summed E-state index contributed by atoms with van der Waals surface area (Å²) in [5.41, 5.74) is 1.44. The minimum Gasteiger partial charge on any atom is -0.387 e. The molecule has 1 aliphatic rings. The highest BCUT2D eigenvalue weighted by Gasteiger charge is 2.27. The lowest BCUT2D eigenvalue weighted by molar-refractivity contribution is 0.112. The number of aliphatic hydroxyl groups is 1. The van der Waals surface area contributed by atoms with Crippen molar-refractivity contribution < 1.29 is 5.11 Å². The Bertz CT molecular complexity index is 396. The van der Waals surface area contributed by atoms with Crippen LogP contribution in [-0.4, -0.2) is 29.6 Å². The number of hydrogen-bond donors (Lipinski definition) is 1. The van der Waals surface area contributed by atoms with E-state index in [9.17, 15) is 5.11 Å². The summed E-state index contributed by atoms with van der Waals surface area (Å²) in [6.07, 6.45) is 3.47. The van der Waals surface area contributed by atoms with Crippen molar-refractivity contribution in [3.8, 4) is 0 Å². The number of aliphatic hydroxyl groups excluding tert-OH is 1. The molecule has 1 fully saturated rings. The van der Waals surface area contributed by atoms with Gasteiger partial charge < -0.3 is 10.0 Å². The van der Waals surface area contributed by atoms with Gasteiger partial charge in [-0.15, -0.1) is 0 Å². The van der Waals surface area contributed by atoms with Gasteiger partial charge >= 0.3 is 0 Å². The summed E-state index contributed by atoms with van der Waals surface area (Å²) in [5, 5.41) is 10.3. The normalized spacial score (nSPS) is 23.3. The van der Waals surface area contributed by atoms with Crippen molar-refractivity contribution in [2.45, 2.75) is 46.1 Å². The number of benzene rings is 1. The highest BCUT2D eigenvalue weighted by molar-refractivity contribution is 5.17. The summed E-state index contributed by atoms with van der Waals surface area (Å²) in [4.78, 5) is 2.43. The van der Waals surface area contributed by atoms with Gasteiger partial charge in [0, 0.05) is 6.54 Å². The lowest BCUT2D eigenvalue weighted by Crippen LogP contribution is -2.30. The van der Waals surface area contributed by atoms with Crippen LogP contribution >= 0.6 is 0 Å². The summed E-state index contributed by atoms with van der Waals surface area (Å²) in [6, 6.07) is 10.0. The first-order chi connectivity index (χ1) is 9.47.